The maximum atomic E-state index is 12.9. The lowest BCUT2D eigenvalue weighted by molar-refractivity contribution is 0.0472. The van der Waals surface area contributed by atoms with E-state index in [1.807, 2.05) is 0 Å². The summed E-state index contributed by atoms with van der Waals surface area (Å²) < 4.78 is 10.4. The van der Waals surface area contributed by atoms with E-state index >= 15 is 0 Å². The van der Waals surface area contributed by atoms with Gasteiger partial charge in [0.05, 0.1) is 43.9 Å². The van der Waals surface area contributed by atoms with E-state index in [-0.39, 0.29) is 49.0 Å². The summed E-state index contributed by atoms with van der Waals surface area (Å²) in [5, 5.41) is 1.89. The molecule has 7 nitrogen and oxygen atoms in total. The van der Waals surface area contributed by atoms with E-state index in [9.17, 15) is 19.2 Å². The van der Waals surface area contributed by atoms with Crippen LogP contribution in [0.4, 0.5) is 5.69 Å². The highest BCUT2D eigenvalue weighted by atomic mass is 35.5. The van der Waals surface area contributed by atoms with E-state index in [0.717, 1.165) is 4.90 Å². The number of Topliss-reactive ketones (excluding diaryl/α,β-unsaturated/α-hetero) is 1. The molecular formula is C22H12Cl3NO6S. The van der Waals surface area contributed by atoms with Crippen molar-refractivity contribution in [1.29, 1.82) is 0 Å². The molecule has 1 aliphatic rings. The lowest BCUT2D eigenvalue weighted by Crippen LogP contribution is -2.29. The van der Waals surface area contributed by atoms with Crippen LogP contribution in [-0.2, 0) is 4.74 Å². The van der Waals surface area contributed by atoms with Crippen molar-refractivity contribution in [2.45, 2.75) is 0 Å². The van der Waals surface area contributed by atoms with Gasteiger partial charge in [0.2, 0.25) is 5.78 Å². The molecule has 1 aliphatic heterocycles. The molecule has 4 rings (SSSR count). The molecule has 33 heavy (non-hydrogen) atoms. The summed E-state index contributed by atoms with van der Waals surface area (Å²) in [6.45, 7) is -0.470. The minimum atomic E-state index is -0.855. The first-order chi connectivity index (χ1) is 15.7. The van der Waals surface area contributed by atoms with E-state index in [4.69, 9.17) is 44.3 Å². The number of hydrogen-bond acceptors (Lipinski definition) is 7. The van der Waals surface area contributed by atoms with Crippen LogP contribution in [0.1, 0.15) is 40.7 Å². The van der Waals surface area contributed by atoms with E-state index in [1.165, 1.54) is 42.7 Å². The molecule has 2 amide bonds. The van der Waals surface area contributed by atoms with Crippen LogP contribution in [0.5, 0.6) is 5.75 Å². The van der Waals surface area contributed by atoms with Gasteiger partial charge < -0.3 is 9.47 Å². The summed E-state index contributed by atoms with van der Waals surface area (Å²) in [6, 6.07) is 8.42. The molecule has 0 N–H and O–H groups in total. The molecule has 0 atom stereocenters. The standard InChI is InChI=1S/C22H12Cl3NO6S/c1-31-18-8-16(26-20(28)10-5-13(23)14(24)6-11(10)21(26)29)15(25)7-12(18)22(30)32-9-17(27)19-3-2-4-33-19/h2-8H,9H2,1H3. The Morgan fingerprint density at radius 2 is 1.61 bits per heavy atom. The number of esters is 1. The topological polar surface area (TPSA) is 90.0 Å². The Bertz CT molecular complexity index is 1280. The van der Waals surface area contributed by atoms with E-state index in [2.05, 4.69) is 0 Å². The van der Waals surface area contributed by atoms with Gasteiger partial charge in [0.1, 0.15) is 11.3 Å². The lowest BCUT2D eigenvalue weighted by Gasteiger charge is -2.18. The van der Waals surface area contributed by atoms with Crippen LogP contribution in [-0.4, -0.2) is 37.3 Å². The van der Waals surface area contributed by atoms with Crippen molar-refractivity contribution in [3.63, 3.8) is 0 Å². The van der Waals surface area contributed by atoms with Crippen LogP contribution in [0.15, 0.2) is 41.8 Å². The highest BCUT2D eigenvalue weighted by Crippen LogP contribution is 2.39. The van der Waals surface area contributed by atoms with Crippen molar-refractivity contribution >= 4 is 75.4 Å². The van der Waals surface area contributed by atoms with Crippen molar-refractivity contribution in [1.82, 2.24) is 0 Å². The predicted molar refractivity (Wildman–Crippen MR) is 125 cm³/mol. The fraction of sp³-hybridized carbons (Fsp3) is 0.0909. The average molecular weight is 525 g/mol. The zero-order valence-corrected chi connectivity index (χ0v) is 19.8. The van der Waals surface area contributed by atoms with Gasteiger partial charge in [0.15, 0.2) is 6.61 Å². The van der Waals surface area contributed by atoms with Crippen LogP contribution in [0.3, 0.4) is 0 Å². The van der Waals surface area contributed by atoms with E-state index in [1.54, 1.807) is 17.5 Å². The third-order valence-electron chi connectivity index (χ3n) is 4.79. The molecule has 0 bridgehead atoms. The molecule has 168 valence electrons. The van der Waals surface area contributed by atoms with Crippen molar-refractivity contribution in [3.8, 4) is 5.75 Å². The summed E-state index contributed by atoms with van der Waals surface area (Å²) in [7, 11) is 1.29. The average Bonchev–Trinajstić information content (AvgIpc) is 3.41. The summed E-state index contributed by atoms with van der Waals surface area (Å²) in [5.41, 5.74) is 0.0612. The molecule has 2 aromatic carbocycles. The van der Waals surface area contributed by atoms with Gasteiger partial charge in [-0.25, -0.2) is 9.69 Å². The number of ketones is 1. The van der Waals surface area contributed by atoms with Crippen molar-refractivity contribution in [2.75, 3.05) is 18.6 Å². The zero-order chi connectivity index (χ0) is 23.9. The van der Waals surface area contributed by atoms with Crippen LogP contribution in [0.25, 0.3) is 0 Å². The smallest absolute Gasteiger partial charge is 0.342 e. The molecule has 2 heterocycles. The quantitative estimate of drug-likeness (QED) is 0.238. The van der Waals surface area contributed by atoms with Crippen LogP contribution in [0.2, 0.25) is 15.1 Å². The Hall–Kier alpha value is -2.91. The molecule has 0 saturated carbocycles. The van der Waals surface area contributed by atoms with Gasteiger partial charge in [0, 0.05) is 6.07 Å². The van der Waals surface area contributed by atoms with Crippen LogP contribution < -0.4 is 9.64 Å². The van der Waals surface area contributed by atoms with Gasteiger partial charge in [-0.05, 0) is 29.6 Å². The van der Waals surface area contributed by atoms with Gasteiger partial charge in [-0.3, -0.25) is 14.4 Å². The number of amides is 2. The van der Waals surface area contributed by atoms with E-state index in [0.29, 0.717) is 4.88 Å². The first kappa shape index (κ1) is 23.3. The number of thiophene rings is 1. The number of benzene rings is 2. The first-order valence-electron chi connectivity index (χ1n) is 9.22. The second-order valence-corrected chi connectivity index (χ2v) is 8.91. The summed E-state index contributed by atoms with van der Waals surface area (Å²) in [5.74, 6) is -2.53. The number of methoxy groups -OCH3 is 1. The number of halogens is 3. The van der Waals surface area contributed by atoms with E-state index < -0.39 is 24.4 Å². The Morgan fingerprint density at radius 1 is 0.970 bits per heavy atom. The maximum Gasteiger partial charge on any atom is 0.342 e. The van der Waals surface area contributed by atoms with Gasteiger partial charge in [0.25, 0.3) is 11.8 Å². The summed E-state index contributed by atoms with van der Waals surface area (Å²) in [4.78, 5) is 51.8. The highest BCUT2D eigenvalue weighted by Gasteiger charge is 2.39. The number of nitrogens with zero attached hydrogens (tertiary/aromatic N) is 1. The largest absolute Gasteiger partial charge is 0.496 e. The molecule has 0 fully saturated rings. The van der Waals surface area contributed by atoms with Gasteiger partial charge in [-0.15, -0.1) is 11.3 Å². The molecule has 0 spiro atoms. The Labute approximate surface area is 206 Å². The molecular weight excluding hydrogens is 513 g/mol. The fourth-order valence-corrected chi connectivity index (χ4v) is 4.44. The molecule has 0 saturated heterocycles. The van der Waals surface area contributed by atoms with Gasteiger partial charge >= 0.3 is 5.97 Å². The SMILES string of the molecule is COc1cc(N2C(=O)c3cc(Cl)c(Cl)cc3C2=O)c(Cl)cc1C(=O)OCC(=O)c1cccs1. The van der Waals surface area contributed by atoms with Crippen molar-refractivity contribution in [2.24, 2.45) is 0 Å². The minimum Gasteiger partial charge on any atom is -0.496 e. The number of carbonyl (C=O) groups is 4. The van der Waals surface area contributed by atoms with Gasteiger partial charge in [-0.1, -0.05) is 40.9 Å². The number of ether oxygens (including phenoxy) is 2. The number of hydrogen-bond donors (Lipinski definition) is 0. The normalized spacial score (nSPS) is 12.7. The maximum absolute atomic E-state index is 12.9. The number of imide groups is 1. The summed E-state index contributed by atoms with van der Waals surface area (Å²) in [6.07, 6.45) is 0. The Morgan fingerprint density at radius 3 is 2.15 bits per heavy atom. The number of fused-ring (bicyclic) bond motifs is 1. The fourth-order valence-electron chi connectivity index (χ4n) is 3.21. The molecule has 0 unspecified atom stereocenters. The number of rotatable bonds is 6. The second kappa shape index (κ2) is 9.15. The van der Waals surface area contributed by atoms with Crippen LogP contribution in [0, 0.1) is 0 Å². The molecule has 3 aromatic rings. The van der Waals surface area contributed by atoms with Gasteiger partial charge in [-0.2, -0.15) is 0 Å². The lowest BCUT2D eigenvalue weighted by atomic mass is 10.1. The van der Waals surface area contributed by atoms with Crippen molar-refractivity contribution < 1.29 is 28.7 Å². The zero-order valence-electron chi connectivity index (χ0n) is 16.7. The number of anilines is 1. The monoisotopic (exact) mass is 523 g/mol. The first-order valence-corrected chi connectivity index (χ1v) is 11.2. The third-order valence-corrected chi connectivity index (χ3v) is 6.72. The minimum absolute atomic E-state index is 0.00169. The Kier molecular flexibility index (Phi) is 6.45. The third kappa shape index (κ3) is 4.22. The predicted octanol–water partition coefficient (Wildman–Crippen LogP) is 5.56. The Balaban J connectivity index is 1.63. The highest BCUT2D eigenvalue weighted by molar-refractivity contribution is 7.12. The second-order valence-electron chi connectivity index (χ2n) is 6.74. The van der Waals surface area contributed by atoms with Crippen LogP contribution >= 0.6 is 46.1 Å². The molecule has 11 heteroatoms. The molecule has 1 aromatic heterocycles. The molecule has 0 aliphatic carbocycles. The summed E-state index contributed by atoms with van der Waals surface area (Å²) >= 11 is 19.5. The number of carbonyl (C=O) groups excluding carboxylic acids is 4. The van der Waals surface area contributed by atoms with Crippen molar-refractivity contribution in [3.05, 3.63) is 78.4 Å². The molecule has 0 radical (unpaired) electrons.